The van der Waals surface area contributed by atoms with Crippen molar-refractivity contribution in [2.45, 2.75) is 51.0 Å². The minimum atomic E-state index is -0.410. The summed E-state index contributed by atoms with van der Waals surface area (Å²) in [7, 11) is 0. The summed E-state index contributed by atoms with van der Waals surface area (Å²) >= 11 is 0. The first kappa shape index (κ1) is 16.1. The Hall–Kier alpha value is -2.37. The van der Waals surface area contributed by atoms with Gasteiger partial charge in [0, 0.05) is 31.3 Å². The number of carbonyl (C=O) groups is 1. The lowest BCUT2D eigenvalue weighted by molar-refractivity contribution is -0.139. The van der Waals surface area contributed by atoms with E-state index in [1.165, 1.54) is 0 Å². The molecule has 2 atom stereocenters. The number of amides is 1. The van der Waals surface area contributed by atoms with Gasteiger partial charge in [-0.3, -0.25) is 4.79 Å². The van der Waals surface area contributed by atoms with Crippen molar-refractivity contribution >= 4 is 5.91 Å². The predicted molar refractivity (Wildman–Crippen MR) is 91.5 cm³/mol. The molecule has 6 heteroatoms. The normalized spacial score (nSPS) is 22.8. The third kappa shape index (κ3) is 3.13. The molecular formula is C19H23N3O3. The molecule has 0 saturated carbocycles. The number of piperidine rings is 1. The molecule has 1 saturated heterocycles. The van der Waals surface area contributed by atoms with Gasteiger partial charge in [-0.25, -0.2) is 0 Å². The third-order valence-corrected chi connectivity index (χ3v) is 4.97. The van der Waals surface area contributed by atoms with Crippen molar-refractivity contribution in [3.8, 4) is 5.75 Å². The largest absolute Gasteiger partial charge is 0.480 e. The van der Waals surface area contributed by atoms with Crippen LogP contribution in [0.1, 0.15) is 55.8 Å². The Bertz CT molecular complexity index is 746. The summed E-state index contributed by atoms with van der Waals surface area (Å²) in [6.07, 6.45) is 2.16. The van der Waals surface area contributed by atoms with Crippen LogP contribution in [0.3, 0.4) is 0 Å². The van der Waals surface area contributed by atoms with Crippen LogP contribution in [0, 0.1) is 0 Å². The minimum absolute atomic E-state index is 0.0634. The number of aromatic nitrogens is 2. The Morgan fingerprint density at radius 1 is 1.32 bits per heavy atom. The van der Waals surface area contributed by atoms with Crippen molar-refractivity contribution in [2.24, 2.45) is 0 Å². The summed E-state index contributed by atoms with van der Waals surface area (Å²) < 4.78 is 11.2. The van der Waals surface area contributed by atoms with Gasteiger partial charge in [-0.15, -0.1) is 0 Å². The molecule has 2 aliphatic heterocycles. The van der Waals surface area contributed by atoms with Crippen molar-refractivity contribution in [2.75, 3.05) is 13.1 Å². The second kappa shape index (κ2) is 6.50. The Balaban J connectivity index is 1.43. The fourth-order valence-corrected chi connectivity index (χ4v) is 3.56. The molecule has 3 heterocycles. The highest BCUT2D eigenvalue weighted by molar-refractivity contribution is 5.82. The van der Waals surface area contributed by atoms with E-state index in [-0.39, 0.29) is 17.7 Å². The van der Waals surface area contributed by atoms with Crippen LogP contribution in [0.15, 0.2) is 28.8 Å². The highest BCUT2D eigenvalue weighted by Crippen LogP contribution is 2.31. The molecule has 0 spiro atoms. The van der Waals surface area contributed by atoms with Gasteiger partial charge in [-0.1, -0.05) is 37.2 Å². The lowest BCUT2D eigenvalue weighted by atomic mass is 9.96. The SMILES string of the molecule is CC(C)c1nc([C@@H]2CCCN(C(=O)[C@H]3Cc4ccccc4O3)C2)no1. The molecule has 0 radical (unpaired) electrons. The smallest absolute Gasteiger partial charge is 0.264 e. The topological polar surface area (TPSA) is 68.5 Å². The zero-order chi connectivity index (χ0) is 17.4. The lowest BCUT2D eigenvalue weighted by Gasteiger charge is -2.32. The fourth-order valence-electron chi connectivity index (χ4n) is 3.56. The molecule has 0 bridgehead atoms. The maximum atomic E-state index is 12.9. The molecule has 1 aromatic carbocycles. The first-order valence-corrected chi connectivity index (χ1v) is 8.98. The van der Waals surface area contributed by atoms with Gasteiger partial charge in [0.05, 0.1) is 0 Å². The molecule has 25 heavy (non-hydrogen) atoms. The molecule has 1 aromatic heterocycles. The zero-order valence-corrected chi connectivity index (χ0v) is 14.6. The van der Waals surface area contributed by atoms with Crippen LogP contribution in [0.2, 0.25) is 0 Å². The Kier molecular flexibility index (Phi) is 4.19. The number of hydrogen-bond acceptors (Lipinski definition) is 5. The van der Waals surface area contributed by atoms with Gasteiger partial charge in [0.1, 0.15) is 5.75 Å². The first-order chi connectivity index (χ1) is 12.1. The second-order valence-corrected chi connectivity index (χ2v) is 7.19. The van der Waals surface area contributed by atoms with Gasteiger partial charge >= 0.3 is 0 Å². The van der Waals surface area contributed by atoms with Crippen molar-refractivity contribution < 1.29 is 14.1 Å². The molecule has 1 amide bonds. The number of para-hydroxylation sites is 1. The van der Waals surface area contributed by atoms with Crippen LogP contribution < -0.4 is 4.74 Å². The van der Waals surface area contributed by atoms with E-state index in [0.29, 0.717) is 18.9 Å². The highest BCUT2D eigenvalue weighted by Gasteiger charge is 2.35. The first-order valence-electron chi connectivity index (χ1n) is 8.98. The van der Waals surface area contributed by atoms with Crippen LogP contribution in [0.25, 0.3) is 0 Å². The van der Waals surface area contributed by atoms with Gasteiger partial charge < -0.3 is 14.2 Å². The number of hydrogen-bond donors (Lipinski definition) is 0. The second-order valence-electron chi connectivity index (χ2n) is 7.19. The van der Waals surface area contributed by atoms with Gasteiger partial charge in [0.2, 0.25) is 5.89 Å². The number of rotatable bonds is 3. The molecule has 1 fully saturated rings. The molecule has 0 N–H and O–H groups in total. The summed E-state index contributed by atoms with van der Waals surface area (Å²) in [6, 6.07) is 7.86. The maximum absolute atomic E-state index is 12.9. The molecule has 132 valence electrons. The van der Waals surface area contributed by atoms with Crippen LogP contribution >= 0.6 is 0 Å². The molecule has 2 aromatic rings. The molecule has 2 aliphatic rings. The molecule has 0 aliphatic carbocycles. The summed E-state index contributed by atoms with van der Waals surface area (Å²) in [4.78, 5) is 19.3. The van der Waals surface area contributed by atoms with Crippen LogP contribution in [0.5, 0.6) is 5.75 Å². The molecular weight excluding hydrogens is 318 g/mol. The van der Waals surface area contributed by atoms with Gasteiger partial charge in [0.15, 0.2) is 11.9 Å². The summed E-state index contributed by atoms with van der Waals surface area (Å²) in [5.41, 5.74) is 1.11. The number of fused-ring (bicyclic) bond motifs is 1. The zero-order valence-electron chi connectivity index (χ0n) is 14.6. The van der Waals surface area contributed by atoms with Gasteiger partial charge in [-0.05, 0) is 24.5 Å². The van der Waals surface area contributed by atoms with Gasteiger partial charge in [0.25, 0.3) is 5.91 Å². The number of benzene rings is 1. The van der Waals surface area contributed by atoms with Crippen molar-refractivity contribution in [3.05, 3.63) is 41.5 Å². The number of ether oxygens (including phenoxy) is 1. The average Bonchev–Trinajstić information content (AvgIpc) is 3.28. The van der Waals surface area contributed by atoms with E-state index in [2.05, 4.69) is 10.1 Å². The maximum Gasteiger partial charge on any atom is 0.264 e. The summed E-state index contributed by atoms with van der Waals surface area (Å²) in [6.45, 7) is 5.46. The van der Waals surface area contributed by atoms with E-state index in [9.17, 15) is 4.79 Å². The third-order valence-electron chi connectivity index (χ3n) is 4.97. The molecule has 4 rings (SSSR count). The number of likely N-dealkylation sites (tertiary alicyclic amines) is 1. The standard InChI is InChI=1S/C19H23N3O3/c1-12(2)18-20-17(21-25-18)14-7-5-9-22(11-14)19(23)16-10-13-6-3-4-8-15(13)24-16/h3-4,6,8,12,14,16H,5,7,9-11H2,1-2H3/t14-,16-/m1/s1. The van der Waals surface area contributed by atoms with Crippen molar-refractivity contribution in [1.29, 1.82) is 0 Å². The summed E-state index contributed by atoms with van der Waals surface area (Å²) in [5, 5.41) is 4.13. The quantitative estimate of drug-likeness (QED) is 0.858. The molecule has 6 nitrogen and oxygen atoms in total. The predicted octanol–water partition coefficient (Wildman–Crippen LogP) is 2.90. The average molecular weight is 341 g/mol. The van der Waals surface area contributed by atoms with E-state index in [4.69, 9.17) is 9.26 Å². The number of carbonyl (C=O) groups excluding carboxylic acids is 1. The van der Waals surface area contributed by atoms with E-state index < -0.39 is 6.10 Å². The van der Waals surface area contributed by atoms with Crippen molar-refractivity contribution in [1.82, 2.24) is 15.0 Å². The molecule has 0 unspecified atom stereocenters. The van der Waals surface area contributed by atoms with E-state index in [1.54, 1.807) is 0 Å². The highest BCUT2D eigenvalue weighted by atomic mass is 16.5. The minimum Gasteiger partial charge on any atom is -0.480 e. The fraction of sp³-hybridized carbons (Fsp3) is 0.526. The summed E-state index contributed by atoms with van der Waals surface area (Å²) in [5.74, 6) is 2.62. The number of nitrogens with zero attached hydrogens (tertiary/aromatic N) is 3. The Morgan fingerprint density at radius 2 is 2.16 bits per heavy atom. The van der Waals surface area contributed by atoms with Crippen LogP contribution in [-0.2, 0) is 11.2 Å². The van der Waals surface area contributed by atoms with E-state index >= 15 is 0 Å². The van der Waals surface area contributed by atoms with Gasteiger partial charge in [-0.2, -0.15) is 4.98 Å². The lowest BCUT2D eigenvalue weighted by Crippen LogP contribution is -2.46. The van der Waals surface area contributed by atoms with Crippen molar-refractivity contribution in [3.63, 3.8) is 0 Å². The Morgan fingerprint density at radius 3 is 2.92 bits per heavy atom. The van der Waals surface area contributed by atoms with E-state index in [0.717, 1.165) is 36.5 Å². The van der Waals surface area contributed by atoms with Crippen LogP contribution in [0.4, 0.5) is 0 Å². The Labute approximate surface area is 147 Å². The van der Waals surface area contributed by atoms with Crippen LogP contribution in [-0.4, -0.2) is 40.1 Å². The van der Waals surface area contributed by atoms with E-state index in [1.807, 2.05) is 43.0 Å². The monoisotopic (exact) mass is 341 g/mol.